The van der Waals surface area contributed by atoms with Crippen LogP contribution in [0, 0.1) is 20.2 Å². The molecule has 3 aromatic carbocycles. The normalized spacial score (nSPS) is 11.5. The van der Waals surface area contributed by atoms with E-state index in [-0.39, 0.29) is 46.9 Å². The van der Waals surface area contributed by atoms with Crippen molar-refractivity contribution >= 4 is 46.6 Å². The zero-order valence-electron chi connectivity index (χ0n) is 20.7. The van der Waals surface area contributed by atoms with Gasteiger partial charge in [0, 0.05) is 12.1 Å². The van der Waals surface area contributed by atoms with Crippen LogP contribution in [0.3, 0.4) is 0 Å². The number of nitrogens with zero attached hydrogens (tertiary/aromatic N) is 2. The molecule has 0 aliphatic rings. The highest BCUT2D eigenvalue weighted by Crippen LogP contribution is 2.30. The number of ether oxygens (including phenoxy) is 2. The zero-order chi connectivity index (χ0) is 27.7. The van der Waals surface area contributed by atoms with E-state index in [0.29, 0.717) is 11.1 Å². The third kappa shape index (κ3) is 6.55. The minimum Gasteiger partial charge on any atom is -0.462 e. The van der Waals surface area contributed by atoms with Crippen LogP contribution >= 0.6 is 0 Å². The molecule has 0 atom stereocenters. The average molecular weight is 517 g/mol. The van der Waals surface area contributed by atoms with Crippen molar-refractivity contribution in [2.45, 2.75) is 13.8 Å². The molecule has 0 aliphatic carbocycles. The first kappa shape index (κ1) is 27.5. The topological polar surface area (TPSA) is 139 Å². The minimum atomic E-state index is -0.719. The smallest absolute Gasteiger partial charge is 0.338 e. The number of carbonyl (C=O) groups excluding carboxylic acids is 2. The summed E-state index contributed by atoms with van der Waals surface area (Å²) in [5.41, 5.74) is 0.657. The van der Waals surface area contributed by atoms with Gasteiger partial charge >= 0.3 is 11.9 Å². The summed E-state index contributed by atoms with van der Waals surface area (Å²) in [6.07, 6.45) is 2.70. The second-order valence-corrected chi connectivity index (χ2v) is 7.77. The number of rotatable bonds is 10. The Bertz CT molecular complexity index is 1340. The molecule has 0 N–H and O–H groups in total. The molecule has 0 aromatic heterocycles. The molecule has 0 unspecified atom stereocenters. The molecule has 0 heterocycles. The Kier molecular flexibility index (Phi) is 9.20. The Morgan fingerprint density at radius 1 is 0.684 bits per heavy atom. The summed E-state index contributed by atoms with van der Waals surface area (Å²) in [5.74, 6) is -1.44. The number of para-hydroxylation sites is 2. The van der Waals surface area contributed by atoms with Crippen LogP contribution in [0.5, 0.6) is 0 Å². The molecule has 0 radical (unpaired) electrons. The molecule has 0 bridgehead atoms. The van der Waals surface area contributed by atoms with Gasteiger partial charge < -0.3 is 9.47 Å². The summed E-state index contributed by atoms with van der Waals surface area (Å²) < 4.78 is 10.4. The van der Waals surface area contributed by atoms with Crippen molar-refractivity contribution in [2.75, 3.05) is 13.2 Å². The third-order valence-electron chi connectivity index (χ3n) is 5.34. The van der Waals surface area contributed by atoms with Crippen LogP contribution in [0.1, 0.15) is 36.1 Å². The van der Waals surface area contributed by atoms with E-state index in [1.807, 2.05) is 0 Å². The van der Waals surface area contributed by atoms with Crippen LogP contribution in [0.15, 0.2) is 72.8 Å². The van der Waals surface area contributed by atoms with Crippen molar-refractivity contribution in [3.8, 4) is 0 Å². The number of carbonyl (C=O) groups is 2. The molecule has 0 fully saturated rings. The molecule has 0 amide bonds. The fourth-order valence-electron chi connectivity index (χ4n) is 3.65. The lowest BCUT2D eigenvalue weighted by Gasteiger charge is -2.12. The van der Waals surface area contributed by atoms with E-state index in [0.717, 1.165) is 0 Å². The summed E-state index contributed by atoms with van der Waals surface area (Å²) in [7, 11) is 0. The van der Waals surface area contributed by atoms with Crippen LogP contribution in [-0.4, -0.2) is 35.0 Å². The van der Waals surface area contributed by atoms with Gasteiger partial charge in [0.05, 0.1) is 45.3 Å². The maximum atomic E-state index is 12.9. The largest absolute Gasteiger partial charge is 0.462 e. The second-order valence-electron chi connectivity index (χ2n) is 7.77. The van der Waals surface area contributed by atoms with Gasteiger partial charge in [-0.3, -0.25) is 20.2 Å². The number of nitro groups is 2. The predicted molar refractivity (Wildman–Crippen MR) is 142 cm³/mol. The van der Waals surface area contributed by atoms with Crippen LogP contribution in [0.2, 0.25) is 0 Å². The van der Waals surface area contributed by atoms with Crippen LogP contribution in [-0.2, 0) is 19.1 Å². The Hall–Kier alpha value is -5.12. The van der Waals surface area contributed by atoms with E-state index in [1.165, 1.54) is 54.6 Å². The molecule has 38 heavy (non-hydrogen) atoms. The summed E-state index contributed by atoms with van der Waals surface area (Å²) in [4.78, 5) is 47.8. The predicted octanol–water partition coefficient (Wildman–Crippen LogP) is 5.71. The average Bonchev–Trinajstić information content (AvgIpc) is 2.90. The van der Waals surface area contributed by atoms with Gasteiger partial charge in [0.25, 0.3) is 11.4 Å². The Morgan fingerprint density at radius 3 is 1.45 bits per heavy atom. The van der Waals surface area contributed by atoms with Crippen molar-refractivity contribution in [3.63, 3.8) is 0 Å². The summed E-state index contributed by atoms with van der Waals surface area (Å²) in [5, 5.41) is 23.0. The lowest BCUT2D eigenvalue weighted by Crippen LogP contribution is -2.09. The molecule has 0 saturated carbocycles. The molecular weight excluding hydrogens is 492 g/mol. The summed E-state index contributed by atoms with van der Waals surface area (Å²) in [6, 6.07) is 18.2. The first-order chi connectivity index (χ1) is 18.3. The van der Waals surface area contributed by atoms with Gasteiger partial charge in [-0.15, -0.1) is 0 Å². The Balaban J connectivity index is 2.21. The number of hydrogen-bond acceptors (Lipinski definition) is 8. The van der Waals surface area contributed by atoms with Crippen LogP contribution in [0.4, 0.5) is 11.4 Å². The van der Waals surface area contributed by atoms with Gasteiger partial charge in [-0.25, -0.2) is 9.59 Å². The van der Waals surface area contributed by atoms with Crippen LogP contribution < -0.4 is 0 Å². The van der Waals surface area contributed by atoms with E-state index in [1.54, 1.807) is 44.2 Å². The molecule has 0 spiro atoms. The maximum Gasteiger partial charge on any atom is 0.338 e. The lowest BCUT2D eigenvalue weighted by atomic mass is 9.96. The van der Waals surface area contributed by atoms with Gasteiger partial charge in [0.15, 0.2) is 0 Å². The molecule has 10 nitrogen and oxygen atoms in total. The second kappa shape index (κ2) is 12.7. The van der Waals surface area contributed by atoms with Crippen molar-refractivity contribution in [1.82, 2.24) is 0 Å². The first-order valence-corrected chi connectivity index (χ1v) is 11.6. The van der Waals surface area contributed by atoms with Crippen LogP contribution in [0.25, 0.3) is 23.3 Å². The number of benzene rings is 3. The van der Waals surface area contributed by atoms with E-state index in [2.05, 4.69) is 0 Å². The fourth-order valence-corrected chi connectivity index (χ4v) is 3.65. The number of esters is 2. The zero-order valence-corrected chi connectivity index (χ0v) is 20.7. The summed E-state index contributed by atoms with van der Waals surface area (Å²) in [6.45, 7) is 3.40. The molecule has 3 aromatic rings. The molecule has 10 heteroatoms. The van der Waals surface area contributed by atoms with Crippen molar-refractivity contribution in [3.05, 3.63) is 115 Å². The van der Waals surface area contributed by atoms with E-state index in [4.69, 9.17) is 9.47 Å². The molecule has 0 saturated heterocycles. The summed E-state index contributed by atoms with van der Waals surface area (Å²) >= 11 is 0. The quantitative estimate of drug-likeness (QED) is 0.110. The van der Waals surface area contributed by atoms with Gasteiger partial charge in [-0.2, -0.15) is 0 Å². The SMILES string of the molecule is CCOC(=O)/C(=C\c1ccccc1[N+](=O)[O-])c1cccc(/C(=C/c2ccccc2[N+](=O)[O-])C(=O)OCC)c1. The van der Waals surface area contributed by atoms with Gasteiger partial charge in [0.1, 0.15) is 0 Å². The standard InChI is InChI=1S/C28H24N2O8/c1-3-37-27(31)23(17-21-10-5-7-14-25(21)29(33)34)19-12-9-13-20(16-19)24(28(32)38-4-2)18-22-11-6-8-15-26(22)30(35)36/h5-18H,3-4H2,1-2H3/b23-17-,24-18-. The molecule has 0 aliphatic heterocycles. The van der Waals surface area contributed by atoms with Crippen molar-refractivity contribution in [2.24, 2.45) is 0 Å². The van der Waals surface area contributed by atoms with Crippen molar-refractivity contribution in [1.29, 1.82) is 0 Å². The highest BCUT2D eigenvalue weighted by molar-refractivity contribution is 6.24. The molecular formula is C28H24N2O8. The lowest BCUT2D eigenvalue weighted by molar-refractivity contribution is -0.385. The molecule has 3 rings (SSSR count). The monoisotopic (exact) mass is 516 g/mol. The van der Waals surface area contributed by atoms with E-state index in [9.17, 15) is 29.8 Å². The van der Waals surface area contributed by atoms with Crippen molar-refractivity contribution < 1.29 is 28.9 Å². The third-order valence-corrected chi connectivity index (χ3v) is 5.34. The van der Waals surface area contributed by atoms with E-state index >= 15 is 0 Å². The minimum absolute atomic E-state index is 0.0249. The number of nitro benzene ring substituents is 2. The highest BCUT2D eigenvalue weighted by atomic mass is 16.6. The molecule has 194 valence electrons. The number of hydrogen-bond donors (Lipinski definition) is 0. The fraction of sp³-hybridized carbons (Fsp3) is 0.143. The van der Waals surface area contributed by atoms with Gasteiger partial charge in [-0.1, -0.05) is 42.5 Å². The van der Waals surface area contributed by atoms with E-state index < -0.39 is 21.8 Å². The van der Waals surface area contributed by atoms with Gasteiger partial charge in [-0.05, 0) is 55.3 Å². The highest BCUT2D eigenvalue weighted by Gasteiger charge is 2.21. The Morgan fingerprint density at radius 2 is 1.08 bits per heavy atom. The first-order valence-electron chi connectivity index (χ1n) is 11.6. The Labute approximate surface area is 218 Å². The van der Waals surface area contributed by atoms with Gasteiger partial charge in [0.2, 0.25) is 0 Å². The maximum absolute atomic E-state index is 12.9.